The summed E-state index contributed by atoms with van der Waals surface area (Å²) in [4.78, 5) is 12.3. The first-order chi connectivity index (χ1) is 9.78. The fraction of sp³-hybridized carbons (Fsp3) is 0.250. The molecule has 0 spiro atoms. The van der Waals surface area contributed by atoms with Crippen LogP contribution in [0.2, 0.25) is 0 Å². The topological polar surface area (TPSA) is 90.4 Å². The van der Waals surface area contributed by atoms with Crippen LogP contribution in [-0.2, 0) is 0 Å². The quantitative estimate of drug-likeness (QED) is 0.865. The van der Waals surface area contributed by atoms with Crippen molar-refractivity contribution in [2.24, 2.45) is 0 Å². The molecule has 1 aromatic carbocycles. The highest BCUT2D eigenvalue weighted by Gasteiger charge is 2.14. The summed E-state index contributed by atoms with van der Waals surface area (Å²) in [6, 6.07) is 5.72. The van der Waals surface area contributed by atoms with Gasteiger partial charge in [0.15, 0.2) is 11.5 Å². The molecule has 8 heteroatoms. The van der Waals surface area contributed by atoms with Crippen LogP contribution in [0.5, 0.6) is 17.5 Å². The smallest absolute Gasteiger partial charge is 0.322 e. The van der Waals surface area contributed by atoms with Crippen molar-refractivity contribution >= 4 is 17.6 Å². The summed E-state index contributed by atoms with van der Waals surface area (Å²) in [6.45, 7) is 0.238. The maximum Gasteiger partial charge on any atom is 0.322 e. The van der Waals surface area contributed by atoms with E-state index in [-0.39, 0.29) is 12.8 Å². The van der Waals surface area contributed by atoms with Gasteiger partial charge in [0.05, 0.1) is 7.11 Å². The zero-order valence-electron chi connectivity index (χ0n) is 11.0. The van der Waals surface area contributed by atoms with Crippen LogP contribution in [0, 0.1) is 0 Å². The molecule has 2 heterocycles. The Labute approximate surface area is 115 Å². The largest absolute Gasteiger partial charge is 0.467 e. The van der Waals surface area contributed by atoms with Crippen LogP contribution in [-0.4, -0.2) is 35.9 Å². The number of hydrogen-bond acceptors (Lipinski definition) is 8. The fourth-order valence-electron chi connectivity index (χ4n) is 1.72. The molecular weight excluding hydrogens is 262 g/mol. The van der Waals surface area contributed by atoms with Gasteiger partial charge in [-0.3, -0.25) is 0 Å². The van der Waals surface area contributed by atoms with E-state index in [9.17, 15) is 0 Å². The molecule has 20 heavy (non-hydrogen) atoms. The zero-order valence-corrected chi connectivity index (χ0v) is 11.0. The number of rotatable bonds is 4. The maximum atomic E-state index is 5.31. The van der Waals surface area contributed by atoms with Crippen LogP contribution in [0.3, 0.4) is 0 Å². The average molecular weight is 275 g/mol. The molecule has 0 unspecified atom stereocenters. The number of benzene rings is 1. The highest BCUT2D eigenvalue weighted by atomic mass is 16.7. The lowest BCUT2D eigenvalue weighted by molar-refractivity contribution is 0.174. The zero-order chi connectivity index (χ0) is 13.9. The van der Waals surface area contributed by atoms with Gasteiger partial charge in [-0.05, 0) is 12.1 Å². The molecule has 0 saturated carbocycles. The van der Waals surface area contributed by atoms with Gasteiger partial charge < -0.3 is 24.8 Å². The van der Waals surface area contributed by atoms with E-state index in [1.54, 1.807) is 7.05 Å². The normalized spacial score (nSPS) is 12.1. The van der Waals surface area contributed by atoms with Gasteiger partial charge >= 0.3 is 6.01 Å². The number of fused-ring (bicyclic) bond motifs is 1. The molecule has 1 aromatic heterocycles. The molecule has 2 N–H and O–H groups in total. The molecule has 1 aliphatic rings. The lowest BCUT2D eigenvalue weighted by atomic mass is 10.3. The van der Waals surface area contributed by atoms with Crippen molar-refractivity contribution in [1.82, 2.24) is 15.0 Å². The Kier molecular flexibility index (Phi) is 3.12. The number of aromatic nitrogens is 3. The third kappa shape index (κ3) is 2.35. The molecule has 104 valence electrons. The number of methoxy groups -OCH3 is 1. The molecule has 1 aliphatic heterocycles. The van der Waals surface area contributed by atoms with E-state index in [4.69, 9.17) is 14.2 Å². The Bertz CT molecular complexity index is 612. The summed E-state index contributed by atoms with van der Waals surface area (Å²) in [5, 5.41) is 5.91. The second kappa shape index (κ2) is 5.08. The number of ether oxygens (including phenoxy) is 3. The van der Waals surface area contributed by atoms with Gasteiger partial charge in [-0.2, -0.15) is 15.0 Å². The van der Waals surface area contributed by atoms with E-state index < -0.39 is 0 Å². The number of nitrogens with one attached hydrogen (secondary N) is 2. The molecule has 0 atom stereocenters. The van der Waals surface area contributed by atoms with Gasteiger partial charge in [0.1, 0.15) is 0 Å². The highest BCUT2D eigenvalue weighted by Crippen LogP contribution is 2.34. The van der Waals surface area contributed by atoms with Crippen molar-refractivity contribution in [2.75, 3.05) is 31.6 Å². The summed E-state index contributed by atoms with van der Waals surface area (Å²) < 4.78 is 15.6. The van der Waals surface area contributed by atoms with Crippen molar-refractivity contribution in [1.29, 1.82) is 0 Å². The molecule has 0 radical (unpaired) electrons. The minimum Gasteiger partial charge on any atom is -0.467 e. The SMILES string of the molecule is CNc1nc(Nc2ccc3c(c2)OCO3)nc(OC)n1. The first-order valence-electron chi connectivity index (χ1n) is 5.93. The standard InChI is InChI=1S/C12H13N5O3/c1-13-10-15-11(17-12(16-10)18-2)14-7-3-4-8-9(5-7)20-6-19-8/h3-5H,6H2,1-2H3,(H2,13,14,15,16,17). The molecule has 0 bridgehead atoms. The Morgan fingerprint density at radius 1 is 1.10 bits per heavy atom. The monoisotopic (exact) mass is 275 g/mol. The second-order valence-corrected chi connectivity index (χ2v) is 3.91. The summed E-state index contributed by atoms with van der Waals surface area (Å²) in [5.41, 5.74) is 0.782. The van der Waals surface area contributed by atoms with Crippen LogP contribution >= 0.6 is 0 Å². The van der Waals surface area contributed by atoms with E-state index in [0.29, 0.717) is 17.6 Å². The lowest BCUT2D eigenvalue weighted by Crippen LogP contribution is -2.05. The van der Waals surface area contributed by atoms with Gasteiger partial charge in [0.2, 0.25) is 18.7 Å². The molecule has 0 fully saturated rings. The van der Waals surface area contributed by atoms with Gasteiger partial charge in [-0.25, -0.2) is 0 Å². The predicted octanol–water partition coefficient (Wildman–Crippen LogP) is 1.39. The van der Waals surface area contributed by atoms with Gasteiger partial charge in [-0.1, -0.05) is 0 Å². The third-order valence-corrected chi connectivity index (χ3v) is 2.65. The summed E-state index contributed by atoms with van der Waals surface area (Å²) in [6.07, 6.45) is 0. The van der Waals surface area contributed by atoms with Gasteiger partial charge in [-0.15, -0.1) is 0 Å². The van der Waals surface area contributed by atoms with Crippen molar-refractivity contribution < 1.29 is 14.2 Å². The van der Waals surface area contributed by atoms with Gasteiger partial charge in [0, 0.05) is 18.8 Å². The number of anilines is 3. The van der Waals surface area contributed by atoms with Crippen molar-refractivity contribution in [3.05, 3.63) is 18.2 Å². The van der Waals surface area contributed by atoms with Crippen LogP contribution in [0.15, 0.2) is 18.2 Å². The second-order valence-electron chi connectivity index (χ2n) is 3.91. The highest BCUT2D eigenvalue weighted by molar-refractivity contribution is 5.60. The first kappa shape index (κ1) is 12.3. The molecule has 8 nitrogen and oxygen atoms in total. The van der Waals surface area contributed by atoms with Gasteiger partial charge in [0.25, 0.3) is 0 Å². The fourth-order valence-corrected chi connectivity index (χ4v) is 1.72. The van der Waals surface area contributed by atoms with Crippen LogP contribution < -0.4 is 24.8 Å². The Balaban J connectivity index is 1.87. The third-order valence-electron chi connectivity index (χ3n) is 2.65. The predicted molar refractivity (Wildman–Crippen MR) is 71.8 cm³/mol. The summed E-state index contributed by atoms with van der Waals surface area (Å²) in [7, 11) is 3.22. The molecular formula is C12H13N5O3. The van der Waals surface area contributed by atoms with E-state index in [2.05, 4.69) is 25.6 Å². The van der Waals surface area contributed by atoms with Crippen molar-refractivity contribution in [2.45, 2.75) is 0 Å². The molecule has 2 aromatic rings. The van der Waals surface area contributed by atoms with Crippen molar-refractivity contribution in [3.8, 4) is 17.5 Å². The lowest BCUT2D eigenvalue weighted by Gasteiger charge is -2.08. The van der Waals surface area contributed by atoms with E-state index in [1.165, 1.54) is 7.11 Å². The molecule has 0 amide bonds. The summed E-state index contributed by atoms with van der Waals surface area (Å²) in [5.74, 6) is 2.20. The minimum atomic E-state index is 0.229. The minimum absolute atomic E-state index is 0.229. The Morgan fingerprint density at radius 2 is 1.90 bits per heavy atom. The van der Waals surface area contributed by atoms with E-state index in [1.807, 2.05) is 18.2 Å². The summed E-state index contributed by atoms with van der Waals surface area (Å²) >= 11 is 0. The molecule has 0 aliphatic carbocycles. The van der Waals surface area contributed by atoms with E-state index >= 15 is 0 Å². The van der Waals surface area contributed by atoms with Crippen LogP contribution in [0.1, 0.15) is 0 Å². The number of nitrogens with zero attached hydrogens (tertiary/aromatic N) is 3. The maximum absolute atomic E-state index is 5.31. The number of hydrogen-bond donors (Lipinski definition) is 2. The van der Waals surface area contributed by atoms with E-state index in [0.717, 1.165) is 11.4 Å². The molecule has 3 rings (SSSR count). The first-order valence-corrected chi connectivity index (χ1v) is 5.93. The van der Waals surface area contributed by atoms with Crippen LogP contribution in [0.4, 0.5) is 17.6 Å². The Hall–Kier alpha value is -2.77. The average Bonchev–Trinajstić information content (AvgIpc) is 2.94. The molecule has 0 saturated heterocycles. The Morgan fingerprint density at radius 3 is 2.70 bits per heavy atom. The van der Waals surface area contributed by atoms with Crippen LogP contribution in [0.25, 0.3) is 0 Å². The van der Waals surface area contributed by atoms with Crippen molar-refractivity contribution in [3.63, 3.8) is 0 Å².